The topological polar surface area (TPSA) is 30.0 Å². The Balaban J connectivity index is 2.70. The molecule has 2 nitrogen and oxygen atoms in total. The maximum atomic E-state index is 11.1. The second-order valence-electron chi connectivity index (χ2n) is 2.43. The molecule has 4 heteroatoms. The van der Waals surface area contributed by atoms with Gasteiger partial charge in [0.25, 0.3) is 0 Å². The molecule has 0 radical (unpaired) electrons. The fraction of sp³-hybridized carbons (Fsp3) is 0.125. The van der Waals surface area contributed by atoms with Crippen LogP contribution in [0.5, 0.6) is 0 Å². The molecule has 0 saturated carbocycles. The van der Waals surface area contributed by atoms with Crippen molar-refractivity contribution in [3.05, 3.63) is 24.5 Å². The van der Waals surface area contributed by atoms with Crippen LogP contribution in [0.2, 0.25) is 0 Å². The van der Waals surface area contributed by atoms with E-state index >= 15 is 0 Å². The predicted octanol–water partition coefficient (Wildman–Crippen LogP) is 2.03. The molecule has 0 saturated heterocycles. The quantitative estimate of drug-likeness (QED) is 0.700. The molecule has 1 atom stereocenters. The van der Waals surface area contributed by atoms with Crippen molar-refractivity contribution in [1.82, 2.24) is 4.98 Å². The van der Waals surface area contributed by atoms with Gasteiger partial charge in [-0.2, -0.15) is 0 Å². The van der Waals surface area contributed by atoms with Gasteiger partial charge in [0, 0.05) is 18.6 Å². The lowest BCUT2D eigenvalue weighted by Gasteiger charge is -1.82. The van der Waals surface area contributed by atoms with E-state index in [1.54, 1.807) is 30.0 Å². The van der Waals surface area contributed by atoms with E-state index in [0.717, 1.165) is 14.3 Å². The maximum absolute atomic E-state index is 11.1. The molecule has 2 aromatic rings. The molecule has 0 amide bonds. The Labute approximate surface area is 76.7 Å². The van der Waals surface area contributed by atoms with Crippen LogP contribution in [0.25, 0.3) is 10.1 Å². The van der Waals surface area contributed by atoms with Crippen LogP contribution in [0.1, 0.15) is 0 Å². The average molecular weight is 197 g/mol. The monoisotopic (exact) mass is 197 g/mol. The predicted molar refractivity (Wildman–Crippen MR) is 52.0 cm³/mol. The van der Waals surface area contributed by atoms with Crippen molar-refractivity contribution in [2.75, 3.05) is 6.26 Å². The Bertz CT molecular complexity index is 402. The van der Waals surface area contributed by atoms with Gasteiger partial charge in [-0.3, -0.25) is 9.19 Å². The van der Waals surface area contributed by atoms with Crippen molar-refractivity contribution in [1.29, 1.82) is 0 Å². The van der Waals surface area contributed by atoms with E-state index in [2.05, 4.69) is 4.98 Å². The van der Waals surface area contributed by atoms with E-state index in [4.69, 9.17) is 0 Å². The minimum absolute atomic E-state index is 0.871. The van der Waals surface area contributed by atoms with Crippen molar-refractivity contribution >= 4 is 32.2 Å². The van der Waals surface area contributed by atoms with E-state index < -0.39 is 10.8 Å². The summed E-state index contributed by atoms with van der Waals surface area (Å²) in [6.07, 6.45) is 5.24. The number of thiophene rings is 1. The highest BCUT2D eigenvalue weighted by atomic mass is 32.2. The molecule has 12 heavy (non-hydrogen) atoms. The van der Waals surface area contributed by atoms with Gasteiger partial charge in [0.1, 0.15) is 0 Å². The van der Waals surface area contributed by atoms with Crippen molar-refractivity contribution in [2.45, 2.75) is 4.21 Å². The number of aromatic nitrogens is 1. The second-order valence-corrected chi connectivity index (χ2v) is 5.12. The molecular weight excluding hydrogens is 190 g/mol. The molecule has 0 aliphatic carbocycles. The zero-order chi connectivity index (χ0) is 8.55. The van der Waals surface area contributed by atoms with E-state index in [0.29, 0.717) is 0 Å². The molecule has 0 N–H and O–H groups in total. The highest BCUT2D eigenvalue weighted by Gasteiger charge is 2.03. The third kappa shape index (κ3) is 1.28. The van der Waals surface area contributed by atoms with Gasteiger partial charge in [-0.25, -0.2) is 0 Å². The summed E-state index contributed by atoms with van der Waals surface area (Å²) in [6.45, 7) is 0. The number of hydrogen-bond donors (Lipinski definition) is 0. The van der Waals surface area contributed by atoms with Gasteiger partial charge in [0.15, 0.2) is 0 Å². The first kappa shape index (κ1) is 7.89. The first-order valence-corrected chi connectivity index (χ1v) is 5.82. The fourth-order valence-corrected chi connectivity index (χ4v) is 2.79. The summed E-state index contributed by atoms with van der Waals surface area (Å²) in [6, 6.07) is 3.89. The smallest absolute Gasteiger partial charge is 0.0920 e. The molecule has 0 fully saturated rings. The van der Waals surface area contributed by atoms with Crippen LogP contribution in [0, 0.1) is 0 Å². The number of hydrogen-bond acceptors (Lipinski definition) is 3. The van der Waals surface area contributed by atoms with Gasteiger partial charge in [0.05, 0.1) is 19.7 Å². The summed E-state index contributed by atoms with van der Waals surface area (Å²) >= 11 is 1.54. The summed E-state index contributed by atoms with van der Waals surface area (Å²) in [5.74, 6) is 0. The first-order valence-electron chi connectivity index (χ1n) is 3.44. The minimum atomic E-state index is -0.871. The van der Waals surface area contributed by atoms with Crippen LogP contribution in [-0.4, -0.2) is 15.4 Å². The zero-order valence-corrected chi connectivity index (χ0v) is 8.11. The lowest BCUT2D eigenvalue weighted by atomic mass is 10.3. The van der Waals surface area contributed by atoms with E-state index in [1.807, 2.05) is 12.1 Å². The molecule has 0 bridgehead atoms. The van der Waals surface area contributed by atoms with Crippen LogP contribution >= 0.6 is 11.3 Å². The van der Waals surface area contributed by atoms with E-state index in [9.17, 15) is 4.21 Å². The molecular formula is C8H7NOS2. The van der Waals surface area contributed by atoms with E-state index in [1.165, 1.54) is 0 Å². The van der Waals surface area contributed by atoms with Crippen molar-refractivity contribution in [3.8, 4) is 0 Å². The third-order valence-corrected chi connectivity index (χ3v) is 4.10. The largest absolute Gasteiger partial charge is 0.263 e. The maximum Gasteiger partial charge on any atom is 0.0920 e. The van der Waals surface area contributed by atoms with Crippen molar-refractivity contribution in [2.24, 2.45) is 0 Å². The van der Waals surface area contributed by atoms with E-state index in [-0.39, 0.29) is 0 Å². The summed E-state index contributed by atoms with van der Waals surface area (Å²) in [5.41, 5.74) is 0. The normalized spacial score (nSPS) is 13.4. The third-order valence-electron chi connectivity index (χ3n) is 1.58. The number of rotatable bonds is 1. The van der Waals surface area contributed by atoms with Crippen LogP contribution in [0.3, 0.4) is 0 Å². The summed E-state index contributed by atoms with van der Waals surface area (Å²) in [4.78, 5) is 4.00. The molecule has 0 spiro atoms. The molecule has 62 valence electrons. The Morgan fingerprint density at radius 3 is 3.08 bits per heavy atom. The Morgan fingerprint density at radius 2 is 2.42 bits per heavy atom. The number of pyridine rings is 1. The molecule has 0 aliphatic rings. The van der Waals surface area contributed by atoms with Crippen LogP contribution in [-0.2, 0) is 10.8 Å². The SMILES string of the molecule is CS(=O)c1cc2ccncc2s1. The zero-order valence-electron chi connectivity index (χ0n) is 6.48. The molecule has 2 aromatic heterocycles. The summed E-state index contributed by atoms with van der Waals surface area (Å²) in [5, 5.41) is 1.13. The summed E-state index contributed by atoms with van der Waals surface area (Å²) < 4.78 is 13.1. The van der Waals surface area contributed by atoms with Gasteiger partial charge in [0.2, 0.25) is 0 Å². The van der Waals surface area contributed by atoms with Gasteiger partial charge in [-0.15, -0.1) is 11.3 Å². The minimum Gasteiger partial charge on any atom is -0.263 e. The van der Waals surface area contributed by atoms with Crippen LogP contribution in [0.15, 0.2) is 28.7 Å². The number of fused-ring (bicyclic) bond motifs is 1. The lowest BCUT2D eigenvalue weighted by Crippen LogP contribution is -1.78. The Hall–Kier alpha value is -0.740. The molecule has 0 aromatic carbocycles. The average Bonchev–Trinajstić information content (AvgIpc) is 2.46. The van der Waals surface area contributed by atoms with Crippen molar-refractivity contribution < 1.29 is 4.21 Å². The van der Waals surface area contributed by atoms with Gasteiger partial charge < -0.3 is 0 Å². The second kappa shape index (κ2) is 2.95. The Kier molecular flexibility index (Phi) is 1.94. The Morgan fingerprint density at radius 1 is 1.58 bits per heavy atom. The van der Waals surface area contributed by atoms with Crippen LogP contribution < -0.4 is 0 Å². The molecule has 2 heterocycles. The first-order chi connectivity index (χ1) is 5.77. The molecule has 1 unspecified atom stereocenters. The fourth-order valence-electron chi connectivity index (χ4n) is 1.00. The van der Waals surface area contributed by atoms with Crippen molar-refractivity contribution in [3.63, 3.8) is 0 Å². The van der Waals surface area contributed by atoms with Crippen LogP contribution in [0.4, 0.5) is 0 Å². The summed E-state index contributed by atoms with van der Waals surface area (Å²) in [7, 11) is -0.871. The highest BCUT2D eigenvalue weighted by Crippen LogP contribution is 2.26. The van der Waals surface area contributed by atoms with Gasteiger partial charge >= 0.3 is 0 Å². The van der Waals surface area contributed by atoms with Gasteiger partial charge in [-0.1, -0.05) is 0 Å². The molecule has 0 aliphatic heterocycles. The lowest BCUT2D eigenvalue weighted by molar-refractivity contribution is 0.688. The highest BCUT2D eigenvalue weighted by molar-refractivity contribution is 7.86. The van der Waals surface area contributed by atoms with Gasteiger partial charge in [-0.05, 0) is 17.5 Å². The standard InChI is InChI=1S/C8H7NOS2/c1-12(10)8-4-6-2-3-9-5-7(6)11-8/h2-5H,1H3. The molecule has 2 rings (SSSR count). The number of nitrogens with zero attached hydrogens (tertiary/aromatic N) is 1.